The molecule has 2 aromatic carbocycles. The van der Waals surface area contributed by atoms with Crippen molar-refractivity contribution in [1.29, 1.82) is 0 Å². The van der Waals surface area contributed by atoms with Crippen LogP contribution < -0.4 is 5.63 Å². The van der Waals surface area contributed by atoms with Crippen molar-refractivity contribution in [2.24, 2.45) is 0 Å². The molecule has 7 heteroatoms. The van der Waals surface area contributed by atoms with Gasteiger partial charge in [0.25, 0.3) is 11.8 Å². The van der Waals surface area contributed by atoms with Crippen LogP contribution in [0.1, 0.15) is 55.8 Å². The monoisotopic (exact) mass is 431 g/mol. The van der Waals surface area contributed by atoms with Gasteiger partial charge in [0.05, 0.1) is 17.5 Å². The number of nitrogens with zero attached hydrogens (tertiary/aromatic N) is 1. The van der Waals surface area contributed by atoms with Gasteiger partial charge >= 0.3 is 11.6 Å². The van der Waals surface area contributed by atoms with E-state index in [4.69, 9.17) is 9.15 Å². The predicted octanol–water partition coefficient (Wildman–Crippen LogP) is 3.32. The van der Waals surface area contributed by atoms with Crippen LogP contribution >= 0.6 is 0 Å². The number of hydrogen-bond donors (Lipinski definition) is 0. The molecule has 2 heterocycles. The number of ether oxygens (including phenoxy) is 1. The zero-order chi connectivity index (χ0) is 22.4. The normalized spacial score (nSPS) is 14.7. The van der Waals surface area contributed by atoms with Crippen molar-refractivity contribution in [2.75, 3.05) is 6.54 Å². The molecule has 32 heavy (non-hydrogen) atoms. The molecule has 5 rings (SSSR count). The zero-order valence-corrected chi connectivity index (χ0v) is 17.6. The summed E-state index contributed by atoms with van der Waals surface area (Å²) in [5, 5.41) is 0.758. The first-order chi connectivity index (χ1) is 15.4. The maximum absolute atomic E-state index is 12.5. The number of aryl methyl sites for hydroxylation is 3. The van der Waals surface area contributed by atoms with Gasteiger partial charge in [0.15, 0.2) is 0 Å². The van der Waals surface area contributed by atoms with Crippen LogP contribution in [0.4, 0.5) is 0 Å². The second-order valence-corrected chi connectivity index (χ2v) is 8.28. The lowest BCUT2D eigenvalue weighted by atomic mass is 10.0. The average molecular weight is 431 g/mol. The van der Waals surface area contributed by atoms with Gasteiger partial charge in [-0.2, -0.15) is 0 Å². The number of fused-ring (bicyclic) bond motifs is 3. The molecule has 2 aliphatic rings. The Kier molecular flexibility index (Phi) is 4.89. The van der Waals surface area contributed by atoms with Gasteiger partial charge in [-0.3, -0.25) is 19.3 Å². The maximum Gasteiger partial charge on any atom is 0.336 e. The summed E-state index contributed by atoms with van der Waals surface area (Å²) >= 11 is 0. The first-order valence-electron chi connectivity index (χ1n) is 10.6. The number of rotatable bonds is 5. The molecule has 0 spiro atoms. The largest absolute Gasteiger partial charge is 0.461 e. The van der Waals surface area contributed by atoms with E-state index in [1.807, 2.05) is 19.1 Å². The summed E-state index contributed by atoms with van der Waals surface area (Å²) in [7, 11) is 0. The van der Waals surface area contributed by atoms with E-state index < -0.39 is 23.4 Å². The molecule has 7 nitrogen and oxygen atoms in total. The Hall–Kier alpha value is -3.74. The fourth-order valence-electron chi connectivity index (χ4n) is 4.46. The lowest BCUT2D eigenvalue weighted by Crippen LogP contribution is -2.32. The number of amides is 2. The molecule has 0 atom stereocenters. The Morgan fingerprint density at radius 2 is 1.75 bits per heavy atom. The third kappa shape index (κ3) is 3.49. The molecular weight excluding hydrogens is 410 g/mol. The molecule has 0 saturated carbocycles. The summed E-state index contributed by atoms with van der Waals surface area (Å²) in [6, 6.07) is 10.3. The van der Waals surface area contributed by atoms with Crippen molar-refractivity contribution in [2.45, 2.75) is 39.2 Å². The zero-order valence-electron chi connectivity index (χ0n) is 17.6. The molecule has 1 aliphatic carbocycles. The van der Waals surface area contributed by atoms with Gasteiger partial charge in [-0.1, -0.05) is 11.6 Å². The Morgan fingerprint density at radius 1 is 1.00 bits per heavy atom. The summed E-state index contributed by atoms with van der Waals surface area (Å²) in [4.78, 5) is 50.4. The van der Waals surface area contributed by atoms with E-state index in [0.717, 1.165) is 35.1 Å². The SMILES string of the molecule is Cc1ccc2c(c1)C(=O)N(CCC(=O)OCc1cc(=O)oc3cc4c(cc13)CCC4)C2=O. The van der Waals surface area contributed by atoms with Crippen LogP contribution in [-0.4, -0.2) is 29.2 Å². The summed E-state index contributed by atoms with van der Waals surface area (Å²) in [6.45, 7) is 1.71. The summed E-state index contributed by atoms with van der Waals surface area (Å²) in [5.74, 6) is -1.36. The average Bonchev–Trinajstić information content (AvgIpc) is 3.31. The minimum absolute atomic E-state index is 0.0601. The van der Waals surface area contributed by atoms with Gasteiger partial charge in [-0.15, -0.1) is 0 Å². The van der Waals surface area contributed by atoms with Gasteiger partial charge < -0.3 is 9.15 Å². The highest BCUT2D eigenvalue weighted by molar-refractivity contribution is 6.21. The molecule has 0 radical (unpaired) electrons. The molecule has 1 aromatic heterocycles. The first-order valence-corrected chi connectivity index (χ1v) is 10.6. The van der Waals surface area contributed by atoms with Gasteiger partial charge in [0.2, 0.25) is 0 Å². The van der Waals surface area contributed by atoms with Crippen LogP contribution in [-0.2, 0) is 29.0 Å². The molecule has 0 saturated heterocycles. The highest BCUT2D eigenvalue weighted by Gasteiger charge is 2.35. The Balaban J connectivity index is 1.26. The third-order valence-corrected chi connectivity index (χ3v) is 6.10. The van der Waals surface area contributed by atoms with Crippen LogP contribution in [0.5, 0.6) is 0 Å². The van der Waals surface area contributed by atoms with E-state index in [-0.39, 0.29) is 19.6 Å². The molecule has 0 unspecified atom stereocenters. The van der Waals surface area contributed by atoms with Crippen LogP contribution in [0.25, 0.3) is 11.0 Å². The second kappa shape index (κ2) is 7.75. The van der Waals surface area contributed by atoms with E-state index in [9.17, 15) is 19.2 Å². The molecule has 1 aliphatic heterocycles. The topological polar surface area (TPSA) is 93.9 Å². The lowest BCUT2D eigenvalue weighted by molar-refractivity contribution is -0.145. The van der Waals surface area contributed by atoms with Gasteiger partial charge in [0.1, 0.15) is 12.2 Å². The Bertz CT molecular complexity index is 1350. The molecule has 0 bridgehead atoms. The van der Waals surface area contributed by atoms with Crippen molar-refractivity contribution < 1.29 is 23.5 Å². The van der Waals surface area contributed by atoms with Crippen LogP contribution in [0.3, 0.4) is 0 Å². The van der Waals surface area contributed by atoms with Crippen molar-refractivity contribution in [3.63, 3.8) is 0 Å². The smallest absolute Gasteiger partial charge is 0.336 e. The Morgan fingerprint density at radius 3 is 2.56 bits per heavy atom. The van der Waals surface area contributed by atoms with Crippen molar-refractivity contribution >= 4 is 28.8 Å². The molecular formula is C25H21NO6. The Labute approximate surface area is 183 Å². The third-order valence-electron chi connectivity index (χ3n) is 6.10. The highest BCUT2D eigenvalue weighted by Crippen LogP contribution is 2.29. The van der Waals surface area contributed by atoms with Gasteiger partial charge in [-0.05, 0) is 61.6 Å². The first kappa shape index (κ1) is 20.2. The minimum atomic E-state index is -0.555. The van der Waals surface area contributed by atoms with Crippen LogP contribution in [0.2, 0.25) is 0 Å². The van der Waals surface area contributed by atoms with Crippen molar-refractivity contribution in [1.82, 2.24) is 4.90 Å². The number of benzene rings is 2. The fraction of sp³-hybridized carbons (Fsp3) is 0.280. The molecule has 2 amide bonds. The van der Waals surface area contributed by atoms with Crippen molar-refractivity contribution in [3.8, 4) is 0 Å². The van der Waals surface area contributed by atoms with Crippen LogP contribution in [0.15, 0.2) is 45.6 Å². The lowest BCUT2D eigenvalue weighted by Gasteiger charge is -2.13. The number of carbonyl (C=O) groups excluding carboxylic acids is 3. The summed E-state index contributed by atoms with van der Waals surface area (Å²) in [6.07, 6.45) is 2.88. The summed E-state index contributed by atoms with van der Waals surface area (Å²) in [5.41, 5.74) is 4.58. The molecule has 0 N–H and O–H groups in total. The van der Waals surface area contributed by atoms with E-state index in [2.05, 4.69) is 0 Å². The van der Waals surface area contributed by atoms with Crippen molar-refractivity contribution in [3.05, 3.63) is 80.2 Å². The van der Waals surface area contributed by atoms with E-state index >= 15 is 0 Å². The second-order valence-electron chi connectivity index (χ2n) is 8.28. The minimum Gasteiger partial charge on any atom is -0.461 e. The van der Waals surface area contributed by atoms with E-state index in [0.29, 0.717) is 22.3 Å². The summed E-state index contributed by atoms with van der Waals surface area (Å²) < 4.78 is 10.7. The predicted molar refractivity (Wildman–Crippen MR) is 115 cm³/mol. The number of hydrogen-bond acceptors (Lipinski definition) is 6. The maximum atomic E-state index is 12.5. The number of imide groups is 1. The molecule has 162 valence electrons. The van der Waals surface area contributed by atoms with Crippen LogP contribution in [0, 0.1) is 6.92 Å². The van der Waals surface area contributed by atoms with E-state index in [1.165, 1.54) is 17.2 Å². The highest BCUT2D eigenvalue weighted by atomic mass is 16.5. The number of carbonyl (C=O) groups is 3. The fourth-order valence-corrected chi connectivity index (χ4v) is 4.46. The quantitative estimate of drug-likeness (QED) is 0.350. The van der Waals surface area contributed by atoms with Gasteiger partial charge in [-0.25, -0.2) is 4.79 Å². The standard InChI is InChI=1S/C25H21NO6/c1-14-5-6-18-20(9-14)25(30)26(24(18)29)8-7-22(27)31-13-17-12-23(28)32-21-11-16-4-2-3-15(16)10-19(17)21/h5-6,9-12H,2-4,7-8,13H2,1H3. The number of esters is 1. The molecule has 0 fully saturated rings. The molecule has 3 aromatic rings. The van der Waals surface area contributed by atoms with Gasteiger partial charge in [0, 0.05) is 23.6 Å². The van der Waals surface area contributed by atoms with E-state index in [1.54, 1.807) is 18.2 Å².